The Morgan fingerprint density at radius 3 is 2.84 bits per heavy atom. The zero-order chi connectivity index (χ0) is 22.7. The highest BCUT2D eigenvalue weighted by molar-refractivity contribution is 8.00. The normalized spacial score (nSPS) is 15.4. The van der Waals surface area contributed by atoms with Crippen molar-refractivity contribution < 1.29 is 14.3 Å². The molecular weight excluding hydrogens is 442 g/mol. The molecule has 1 atom stereocenters. The van der Waals surface area contributed by atoms with Gasteiger partial charge < -0.3 is 14.8 Å². The van der Waals surface area contributed by atoms with Gasteiger partial charge in [0.2, 0.25) is 5.91 Å². The second-order valence-corrected chi connectivity index (χ2v) is 10.2. The summed E-state index contributed by atoms with van der Waals surface area (Å²) in [5, 5.41) is 5.13. The molecule has 6 nitrogen and oxygen atoms in total. The minimum absolute atomic E-state index is 0.0117. The minimum atomic E-state index is 0.0117. The van der Waals surface area contributed by atoms with Crippen LogP contribution in [0.3, 0.4) is 0 Å². The number of aromatic nitrogens is 2. The Morgan fingerprint density at radius 1 is 1.25 bits per heavy atom. The highest BCUT2D eigenvalue weighted by Gasteiger charge is 2.24. The van der Waals surface area contributed by atoms with E-state index in [0.29, 0.717) is 23.8 Å². The third-order valence-corrected chi connectivity index (χ3v) is 7.88. The van der Waals surface area contributed by atoms with E-state index in [1.54, 1.807) is 25.6 Å². The zero-order valence-electron chi connectivity index (χ0n) is 19.0. The Bertz CT molecular complexity index is 1130. The predicted octanol–water partition coefficient (Wildman–Crippen LogP) is 4.59. The van der Waals surface area contributed by atoms with Crippen molar-refractivity contribution >= 4 is 39.2 Å². The van der Waals surface area contributed by atoms with Crippen LogP contribution in [0.5, 0.6) is 11.5 Å². The SMILES string of the molecule is COc1ccc(CCNC(=O)CSc2nc(C)nc3sc4c(c23)CC[C@@H](C)C4)cc1OC. The molecule has 1 N–H and O–H groups in total. The van der Waals surface area contributed by atoms with Crippen molar-refractivity contribution in [1.82, 2.24) is 15.3 Å². The number of thiophene rings is 1. The quantitative estimate of drug-likeness (QED) is 0.383. The largest absolute Gasteiger partial charge is 0.493 e. The molecule has 0 radical (unpaired) electrons. The Hall–Kier alpha value is -2.32. The summed E-state index contributed by atoms with van der Waals surface area (Å²) in [6.45, 7) is 4.80. The van der Waals surface area contributed by atoms with E-state index in [0.717, 1.165) is 46.4 Å². The second-order valence-electron chi connectivity index (χ2n) is 8.19. The summed E-state index contributed by atoms with van der Waals surface area (Å²) in [4.78, 5) is 24.4. The van der Waals surface area contributed by atoms with Gasteiger partial charge in [-0.2, -0.15) is 0 Å². The number of nitrogens with one attached hydrogen (secondary N) is 1. The van der Waals surface area contributed by atoms with Crippen molar-refractivity contribution in [1.29, 1.82) is 0 Å². The molecule has 1 amide bonds. The summed E-state index contributed by atoms with van der Waals surface area (Å²) < 4.78 is 10.6. The molecule has 1 aromatic carbocycles. The van der Waals surface area contributed by atoms with Gasteiger partial charge in [0.15, 0.2) is 11.5 Å². The lowest BCUT2D eigenvalue weighted by atomic mass is 9.89. The topological polar surface area (TPSA) is 73.3 Å². The molecule has 0 aliphatic heterocycles. The molecule has 3 aromatic rings. The van der Waals surface area contributed by atoms with E-state index in [4.69, 9.17) is 9.47 Å². The first-order valence-electron chi connectivity index (χ1n) is 10.9. The third kappa shape index (κ3) is 5.02. The molecular formula is C24H29N3O3S2. The Balaban J connectivity index is 1.37. The van der Waals surface area contributed by atoms with Gasteiger partial charge in [0, 0.05) is 16.8 Å². The van der Waals surface area contributed by atoms with Gasteiger partial charge >= 0.3 is 0 Å². The third-order valence-electron chi connectivity index (χ3n) is 5.76. The monoisotopic (exact) mass is 471 g/mol. The van der Waals surface area contributed by atoms with Crippen LogP contribution in [-0.4, -0.2) is 42.4 Å². The van der Waals surface area contributed by atoms with Crippen molar-refractivity contribution in [2.75, 3.05) is 26.5 Å². The van der Waals surface area contributed by atoms with Crippen molar-refractivity contribution in [2.24, 2.45) is 5.92 Å². The summed E-state index contributed by atoms with van der Waals surface area (Å²) in [5.74, 6) is 3.24. The first-order chi connectivity index (χ1) is 15.5. The number of carbonyl (C=O) groups is 1. The number of thioether (sulfide) groups is 1. The molecule has 2 aromatic heterocycles. The first-order valence-corrected chi connectivity index (χ1v) is 12.7. The van der Waals surface area contributed by atoms with Gasteiger partial charge in [-0.05, 0) is 61.8 Å². The van der Waals surface area contributed by atoms with Gasteiger partial charge in [-0.15, -0.1) is 11.3 Å². The van der Waals surface area contributed by atoms with Crippen LogP contribution in [0.2, 0.25) is 0 Å². The van der Waals surface area contributed by atoms with Gasteiger partial charge in [0.1, 0.15) is 15.7 Å². The lowest BCUT2D eigenvalue weighted by Crippen LogP contribution is -2.27. The minimum Gasteiger partial charge on any atom is -0.493 e. The van der Waals surface area contributed by atoms with Crippen LogP contribution in [0.25, 0.3) is 10.2 Å². The molecule has 32 heavy (non-hydrogen) atoms. The van der Waals surface area contributed by atoms with E-state index in [9.17, 15) is 4.79 Å². The van der Waals surface area contributed by atoms with E-state index >= 15 is 0 Å². The molecule has 1 aliphatic rings. The van der Waals surface area contributed by atoms with Crippen LogP contribution in [0, 0.1) is 12.8 Å². The molecule has 0 unspecified atom stereocenters. The molecule has 2 heterocycles. The fourth-order valence-electron chi connectivity index (χ4n) is 4.08. The van der Waals surface area contributed by atoms with Crippen LogP contribution in [0.4, 0.5) is 0 Å². The van der Waals surface area contributed by atoms with Crippen molar-refractivity contribution in [3.8, 4) is 11.5 Å². The number of aryl methyl sites for hydroxylation is 2. The average Bonchev–Trinajstić information content (AvgIpc) is 3.14. The number of methoxy groups -OCH3 is 2. The van der Waals surface area contributed by atoms with Crippen LogP contribution in [0.1, 0.15) is 35.2 Å². The summed E-state index contributed by atoms with van der Waals surface area (Å²) in [7, 11) is 3.24. The summed E-state index contributed by atoms with van der Waals surface area (Å²) >= 11 is 3.31. The maximum Gasteiger partial charge on any atom is 0.230 e. The number of amides is 1. The molecule has 0 bridgehead atoms. The van der Waals surface area contributed by atoms with E-state index in [1.807, 2.05) is 25.1 Å². The average molecular weight is 472 g/mol. The molecule has 8 heteroatoms. The Morgan fingerprint density at radius 2 is 2.06 bits per heavy atom. The lowest BCUT2D eigenvalue weighted by molar-refractivity contribution is -0.118. The van der Waals surface area contributed by atoms with Crippen LogP contribution in [0.15, 0.2) is 23.2 Å². The van der Waals surface area contributed by atoms with Crippen molar-refractivity contribution in [3.63, 3.8) is 0 Å². The number of fused-ring (bicyclic) bond motifs is 3. The smallest absolute Gasteiger partial charge is 0.230 e. The van der Waals surface area contributed by atoms with Crippen LogP contribution >= 0.6 is 23.1 Å². The van der Waals surface area contributed by atoms with Gasteiger partial charge in [0.25, 0.3) is 0 Å². The molecule has 0 saturated carbocycles. The maximum atomic E-state index is 12.5. The number of benzene rings is 1. The van der Waals surface area contributed by atoms with Crippen LogP contribution in [-0.2, 0) is 24.1 Å². The van der Waals surface area contributed by atoms with Crippen LogP contribution < -0.4 is 14.8 Å². The van der Waals surface area contributed by atoms with Crippen molar-refractivity contribution in [2.45, 2.75) is 44.6 Å². The number of carbonyl (C=O) groups excluding carboxylic acids is 1. The molecule has 0 fully saturated rings. The number of hydrogen-bond acceptors (Lipinski definition) is 7. The molecule has 4 rings (SSSR count). The van der Waals surface area contributed by atoms with Gasteiger partial charge in [0.05, 0.1) is 20.0 Å². The highest BCUT2D eigenvalue weighted by atomic mass is 32.2. The van der Waals surface area contributed by atoms with E-state index < -0.39 is 0 Å². The fourth-order valence-corrected chi connectivity index (χ4v) is 6.51. The number of nitrogens with zero attached hydrogens (tertiary/aromatic N) is 2. The lowest BCUT2D eigenvalue weighted by Gasteiger charge is -2.18. The number of ether oxygens (including phenoxy) is 2. The highest BCUT2D eigenvalue weighted by Crippen LogP contribution is 2.40. The number of hydrogen-bond donors (Lipinski definition) is 1. The van der Waals surface area contributed by atoms with E-state index in [1.165, 1.54) is 34.0 Å². The van der Waals surface area contributed by atoms with Gasteiger partial charge in [-0.3, -0.25) is 4.79 Å². The molecule has 0 saturated heterocycles. The standard InChI is InChI=1S/C24H29N3O3S2/c1-14-5-7-17-20(11-14)32-24-22(17)23(26-15(2)27-24)31-13-21(28)25-10-9-16-6-8-18(29-3)19(12-16)30-4/h6,8,12,14H,5,7,9-11,13H2,1-4H3,(H,25,28)/t14-/m1/s1. The molecule has 0 spiro atoms. The van der Waals surface area contributed by atoms with E-state index in [2.05, 4.69) is 22.2 Å². The van der Waals surface area contributed by atoms with Gasteiger partial charge in [-0.1, -0.05) is 24.8 Å². The predicted molar refractivity (Wildman–Crippen MR) is 130 cm³/mol. The first kappa shape index (κ1) is 22.9. The Labute approximate surface area is 197 Å². The maximum absolute atomic E-state index is 12.5. The van der Waals surface area contributed by atoms with Gasteiger partial charge in [-0.25, -0.2) is 9.97 Å². The van der Waals surface area contributed by atoms with E-state index in [-0.39, 0.29) is 5.91 Å². The fraction of sp³-hybridized carbons (Fsp3) is 0.458. The molecule has 1 aliphatic carbocycles. The van der Waals surface area contributed by atoms with Crippen molar-refractivity contribution in [3.05, 3.63) is 40.0 Å². The summed E-state index contributed by atoms with van der Waals surface area (Å²) in [5.41, 5.74) is 2.49. The Kier molecular flexibility index (Phi) is 7.20. The molecule has 170 valence electrons. The number of rotatable bonds is 8. The second kappa shape index (κ2) is 10.1. The summed E-state index contributed by atoms with van der Waals surface area (Å²) in [6, 6.07) is 5.82. The summed E-state index contributed by atoms with van der Waals surface area (Å²) in [6.07, 6.45) is 4.13. The zero-order valence-corrected chi connectivity index (χ0v) is 20.6.